The van der Waals surface area contributed by atoms with Crippen LogP contribution in [0.15, 0.2) is 15.5 Å². The number of fused-ring (bicyclic) bond motifs is 1. The quantitative estimate of drug-likeness (QED) is 0.712. The van der Waals surface area contributed by atoms with E-state index >= 15 is 0 Å². The van der Waals surface area contributed by atoms with E-state index in [2.05, 4.69) is 10.5 Å². The lowest BCUT2D eigenvalue weighted by molar-refractivity contribution is -0.137. The monoisotopic (exact) mass is 338 g/mol. The lowest BCUT2D eigenvalue weighted by Crippen LogP contribution is -2.23. The van der Waals surface area contributed by atoms with Gasteiger partial charge in [-0.15, -0.1) is 11.8 Å². The molecular formula is C14H14N2O6S. The molecule has 8 nitrogen and oxygen atoms in total. The molecule has 0 spiro atoms. The van der Waals surface area contributed by atoms with Crippen LogP contribution in [0.25, 0.3) is 0 Å². The van der Waals surface area contributed by atoms with Crippen molar-refractivity contribution >= 4 is 35.2 Å². The molecule has 0 atom stereocenters. The van der Waals surface area contributed by atoms with Gasteiger partial charge in [-0.2, -0.15) is 0 Å². The SMILES string of the molecule is CNC(=O)c1noc2c1C(=O)C(SCCCCC(=O)O)=CC2=O. The molecule has 23 heavy (non-hydrogen) atoms. The van der Waals surface area contributed by atoms with Gasteiger partial charge in [0.25, 0.3) is 5.91 Å². The third kappa shape index (κ3) is 3.67. The third-order valence-corrected chi connectivity index (χ3v) is 4.22. The predicted octanol–water partition coefficient (Wildman–Crippen LogP) is 1.29. The average molecular weight is 338 g/mol. The van der Waals surface area contributed by atoms with Crippen molar-refractivity contribution in [3.05, 3.63) is 28.0 Å². The fraction of sp³-hybridized carbons (Fsp3) is 0.357. The molecule has 0 saturated carbocycles. The number of carboxylic acids is 1. The first-order chi connectivity index (χ1) is 11.0. The molecule has 9 heteroatoms. The molecule has 2 rings (SSSR count). The zero-order chi connectivity index (χ0) is 17.0. The topological polar surface area (TPSA) is 127 Å². The highest BCUT2D eigenvalue weighted by atomic mass is 32.2. The minimum absolute atomic E-state index is 0.0586. The summed E-state index contributed by atoms with van der Waals surface area (Å²) in [7, 11) is 1.38. The van der Waals surface area contributed by atoms with Crippen molar-refractivity contribution in [3.8, 4) is 0 Å². The number of rotatable bonds is 7. The number of ketones is 2. The number of hydrogen-bond donors (Lipinski definition) is 2. The summed E-state index contributed by atoms with van der Waals surface area (Å²) in [6.07, 6.45) is 2.29. The Labute approximate surface area is 135 Å². The summed E-state index contributed by atoms with van der Waals surface area (Å²) >= 11 is 1.15. The number of hydrogen-bond acceptors (Lipinski definition) is 7. The number of nitrogens with one attached hydrogen (secondary N) is 1. The van der Waals surface area contributed by atoms with Gasteiger partial charge in [-0.3, -0.25) is 19.2 Å². The van der Waals surface area contributed by atoms with Crippen molar-refractivity contribution < 1.29 is 28.8 Å². The number of amides is 1. The van der Waals surface area contributed by atoms with Crippen molar-refractivity contribution in [2.24, 2.45) is 0 Å². The summed E-state index contributed by atoms with van der Waals surface area (Å²) in [4.78, 5) is 46.7. The Bertz CT molecular complexity index is 706. The molecule has 0 aromatic carbocycles. The number of nitrogens with zero attached hydrogens (tertiary/aromatic N) is 1. The summed E-state index contributed by atoms with van der Waals surface area (Å²) in [6, 6.07) is 0. The lowest BCUT2D eigenvalue weighted by Gasteiger charge is -2.10. The minimum atomic E-state index is -0.873. The molecule has 122 valence electrons. The molecule has 0 radical (unpaired) electrons. The van der Waals surface area contributed by atoms with Crippen LogP contribution in [-0.4, -0.2) is 46.5 Å². The Morgan fingerprint density at radius 1 is 1.35 bits per heavy atom. The van der Waals surface area contributed by atoms with Gasteiger partial charge in [-0.25, -0.2) is 0 Å². The summed E-state index contributed by atoms with van der Waals surface area (Å²) in [5, 5.41) is 14.4. The Hall–Kier alpha value is -2.42. The van der Waals surface area contributed by atoms with Crippen LogP contribution in [0.3, 0.4) is 0 Å². The highest BCUT2D eigenvalue weighted by Gasteiger charge is 2.35. The van der Waals surface area contributed by atoms with Gasteiger partial charge in [0.1, 0.15) is 5.56 Å². The lowest BCUT2D eigenvalue weighted by atomic mass is 10.00. The van der Waals surface area contributed by atoms with Crippen LogP contribution in [-0.2, 0) is 4.79 Å². The van der Waals surface area contributed by atoms with Gasteiger partial charge < -0.3 is 14.9 Å². The van der Waals surface area contributed by atoms with Crippen molar-refractivity contribution in [3.63, 3.8) is 0 Å². The molecule has 0 unspecified atom stereocenters. The molecule has 0 saturated heterocycles. The van der Waals surface area contributed by atoms with Crippen LogP contribution < -0.4 is 5.32 Å². The maximum atomic E-state index is 12.4. The van der Waals surface area contributed by atoms with Crippen LogP contribution in [0.5, 0.6) is 0 Å². The molecule has 1 amide bonds. The number of unbranched alkanes of at least 4 members (excludes halogenated alkanes) is 1. The van der Waals surface area contributed by atoms with Gasteiger partial charge in [-0.05, 0) is 18.6 Å². The molecule has 1 aromatic rings. The molecule has 0 aliphatic heterocycles. The Balaban J connectivity index is 2.09. The van der Waals surface area contributed by atoms with Gasteiger partial charge >= 0.3 is 5.97 Å². The fourth-order valence-electron chi connectivity index (χ4n) is 1.98. The zero-order valence-corrected chi connectivity index (χ0v) is 13.1. The maximum absolute atomic E-state index is 12.4. The zero-order valence-electron chi connectivity index (χ0n) is 12.2. The van der Waals surface area contributed by atoms with Crippen molar-refractivity contribution in [1.29, 1.82) is 0 Å². The van der Waals surface area contributed by atoms with Crippen molar-refractivity contribution in [2.75, 3.05) is 12.8 Å². The molecule has 1 heterocycles. The van der Waals surface area contributed by atoms with Crippen molar-refractivity contribution in [1.82, 2.24) is 10.5 Å². The smallest absolute Gasteiger partial charge is 0.303 e. The average Bonchev–Trinajstić information content (AvgIpc) is 2.96. The van der Waals surface area contributed by atoms with Gasteiger partial charge in [-0.1, -0.05) is 5.16 Å². The first-order valence-corrected chi connectivity index (χ1v) is 7.81. The van der Waals surface area contributed by atoms with E-state index in [0.29, 0.717) is 18.6 Å². The number of Topliss-reactive ketones (excluding diaryl/α,β-unsaturated/α-hetero) is 1. The van der Waals surface area contributed by atoms with Gasteiger partial charge in [0.2, 0.25) is 17.3 Å². The Morgan fingerprint density at radius 2 is 2.09 bits per heavy atom. The first-order valence-electron chi connectivity index (χ1n) is 6.82. The number of thioether (sulfide) groups is 1. The van der Waals surface area contributed by atoms with Crippen LogP contribution in [0.2, 0.25) is 0 Å². The summed E-state index contributed by atoms with van der Waals surface area (Å²) < 4.78 is 4.81. The number of allylic oxidation sites excluding steroid dienone is 2. The number of carbonyl (C=O) groups excluding carboxylic acids is 3. The number of carboxylic acid groups (broad SMARTS) is 1. The standard InChI is InChI=1S/C14H14N2O6S/c1-15-14(21)11-10-12(20)8(6-7(17)13(10)22-16-11)23-5-3-2-4-9(18)19/h6H,2-5H2,1H3,(H,15,21)(H,18,19). The second kappa shape index (κ2) is 7.23. The van der Waals surface area contributed by atoms with Crippen LogP contribution in [0.1, 0.15) is 50.7 Å². The Morgan fingerprint density at radius 3 is 2.74 bits per heavy atom. The van der Waals surface area contributed by atoms with Crippen molar-refractivity contribution in [2.45, 2.75) is 19.3 Å². The molecular weight excluding hydrogens is 324 g/mol. The molecule has 0 fully saturated rings. The fourth-order valence-corrected chi connectivity index (χ4v) is 2.98. The van der Waals surface area contributed by atoms with E-state index < -0.39 is 23.4 Å². The number of carbonyl (C=O) groups is 4. The van der Waals surface area contributed by atoms with Gasteiger partial charge in [0.05, 0.1) is 4.91 Å². The van der Waals surface area contributed by atoms with E-state index in [9.17, 15) is 19.2 Å². The van der Waals surface area contributed by atoms with Gasteiger partial charge in [0.15, 0.2) is 5.69 Å². The first kappa shape index (κ1) is 16.9. The van der Waals surface area contributed by atoms with E-state index in [1.807, 2.05) is 0 Å². The second-order valence-electron chi connectivity index (χ2n) is 4.72. The normalized spacial score (nSPS) is 13.5. The largest absolute Gasteiger partial charge is 0.481 e. The minimum Gasteiger partial charge on any atom is -0.481 e. The van der Waals surface area contributed by atoms with E-state index in [4.69, 9.17) is 9.63 Å². The van der Waals surface area contributed by atoms with E-state index in [0.717, 1.165) is 17.8 Å². The van der Waals surface area contributed by atoms with Crippen LogP contribution >= 0.6 is 11.8 Å². The van der Waals surface area contributed by atoms with E-state index in [1.165, 1.54) is 7.05 Å². The highest BCUT2D eigenvalue weighted by Crippen LogP contribution is 2.31. The molecule has 0 bridgehead atoms. The molecule has 1 aliphatic rings. The molecule has 1 aliphatic carbocycles. The predicted molar refractivity (Wildman–Crippen MR) is 80.6 cm³/mol. The number of aromatic nitrogens is 1. The maximum Gasteiger partial charge on any atom is 0.303 e. The van der Waals surface area contributed by atoms with Gasteiger partial charge in [0, 0.05) is 19.5 Å². The van der Waals surface area contributed by atoms with Crippen LogP contribution in [0.4, 0.5) is 0 Å². The third-order valence-electron chi connectivity index (χ3n) is 3.11. The Kier molecular flexibility index (Phi) is 5.32. The second-order valence-corrected chi connectivity index (χ2v) is 5.85. The molecule has 1 aromatic heterocycles. The van der Waals surface area contributed by atoms with E-state index in [1.54, 1.807) is 0 Å². The summed E-state index contributed by atoms with van der Waals surface area (Å²) in [5.41, 5.74) is -0.331. The highest BCUT2D eigenvalue weighted by molar-refractivity contribution is 8.04. The van der Waals surface area contributed by atoms with E-state index in [-0.39, 0.29) is 28.3 Å². The number of aliphatic carboxylic acids is 1. The summed E-state index contributed by atoms with van der Waals surface area (Å²) in [5.74, 6) is -2.22. The summed E-state index contributed by atoms with van der Waals surface area (Å²) in [6.45, 7) is 0. The molecule has 2 N–H and O–H groups in total. The van der Waals surface area contributed by atoms with Crippen LogP contribution in [0, 0.1) is 0 Å².